The highest BCUT2D eigenvalue weighted by atomic mass is 16.3. The van der Waals surface area contributed by atoms with E-state index in [0.29, 0.717) is 17.1 Å². The molecular weight excluding hydrogens is 284 g/mol. The second kappa shape index (κ2) is 5.18. The summed E-state index contributed by atoms with van der Waals surface area (Å²) < 4.78 is 0. The summed E-state index contributed by atoms with van der Waals surface area (Å²) in [6.45, 7) is 6.65. The molecule has 23 heavy (non-hydrogen) atoms. The highest BCUT2D eigenvalue weighted by molar-refractivity contribution is 5.95. The average molecular weight is 316 g/mol. The van der Waals surface area contributed by atoms with E-state index in [1.165, 1.54) is 32.1 Å². The molecule has 7 atom stereocenters. The van der Waals surface area contributed by atoms with Gasteiger partial charge in [0.05, 0.1) is 6.10 Å². The molecular formula is C21H32O2. The van der Waals surface area contributed by atoms with Crippen LogP contribution in [0.3, 0.4) is 0 Å². The quantitative estimate of drug-likeness (QED) is 0.772. The number of ketones is 1. The average Bonchev–Trinajstić information content (AvgIpc) is 2.85. The molecule has 0 bridgehead atoms. The first kappa shape index (κ1) is 15.9. The van der Waals surface area contributed by atoms with E-state index in [2.05, 4.69) is 19.9 Å². The molecule has 0 saturated heterocycles. The van der Waals surface area contributed by atoms with Gasteiger partial charge in [0.15, 0.2) is 5.78 Å². The summed E-state index contributed by atoms with van der Waals surface area (Å²) in [7, 11) is 0. The Kier molecular flexibility index (Phi) is 3.58. The zero-order valence-corrected chi connectivity index (χ0v) is 15.0. The molecule has 2 unspecified atom stereocenters. The number of carbonyl (C=O) groups excluding carboxylic acids is 1. The molecule has 2 heteroatoms. The van der Waals surface area contributed by atoms with Crippen molar-refractivity contribution in [2.24, 2.45) is 34.5 Å². The van der Waals surface area contributed by atoms with Crippen molar-refractivity contribution in [3.8, 4) is 0 Å². The Morgan fingerprint density at radius 2 is 1.91 bits per heavy atom. The molecule has 4 rings (SSSR count). The van der Waals surface area contributed by atoms with E-state index >= 15 is 0 Å². The van der Waals surface area contributed by atoms with E-state index in [9.17, 15) is 9.90 Å². The molecule has 0 aromatic carbocycles. The third kappa shape index (κ3) is 2.13. The van der Waals surface area contributed by atoms with E-state index in [1.807, 2.05) is 0 Å². The maximum atomic E-state index is 12.1. The normalized spacial score (nSPS) is 52.2. The number of aliphatic hydroxyl groups excluding tert-OH is 1. The molecule has 0 amide bonds. The summed E-state index contributed by atoms with van der Waals surface area (Å²) in [6, 6.07) is 0. The Balaban J connectivity index is 1.62. The Bertz CT molecular complexity index is 550. The maximum absolute atomic E-state index is 12.1. The summed E-state index contributed by atoms with van der Waals surface area (Å²) in [5, 5.41) is 10.1. The lowest BCUT2D eigenvalue weighted by Gasteiger charge is -2.60. The van der Waals surface area contributed by atoms with E-state index in [1.54, 1.807) is 6.92 Å². The molecule has 0 spiro atoms. The fraction of sp³-hybridized carbons (Fsp3) is 0.857. The van der Waals surface area contributed by atoms with Crippen molar-refractivity contribution in [3.63, 3.8) is 0 Å². The van der Waals surface area contributed by atoms with Crippen LogP contribution in [0.15, 0.2) is 11.6 Å². The highest BCUT2D eigenvalue weighted by Gasteiger charge is 2.58. The van der Waals surface area contributed by atoms with Crippen molar-refractivity contribution in [1.82, 2.24) is 0 Å². The molecule has 0 aromatic rings. The predicted octanol–water partition coefficient (Wildman–Crippen LogP) is 4.52. The van der Waals surface area contributed by atoms with Crippen LogP contribution in [0.1, 0.15) is 72.1 Å². The Labute approximate surface area is 140 Å². The minimum atomic E-state index is -0.0593. The van der Waals surface area contributed by atoms with Gasteiger partial charge in [0.25, 0.3) is 0 Å². The van der Waals surface area contributed by atoms with Crippen LogP contribution in [0.25, 0.3) is 0 Å². The van der Waals surface area contributed by atoms with Crippen LogP contribution in [-0.4, -0.2) is 17.0 Å². The second-order valence-corrected chi connectivity index (χ2v) is 9.45. The third-order valence-corrected chi connectivity index (χ3v) is 8.60. The van der Waals surface area contributed by atoms with Crippen LogP contribution < -0.4 is 0 Å². The number of allylic oxidation sites excluding steroid dienone is 2. The molecule has 4 aliphatic rings. The molecule has 0 radical (unpaired) electrons. The van der Waals surface area contributed by atoms with Crippen molar-refractivity contribution in [1.29, 1.82) is 0 Å². The zero-order chi connectivity index (χ0) is 16.4. The van der Waals surface area contributed by atoms with Gasteiger partial charge >= 0.3 is 0 Å². The van der Waals surface area contributed by atoms with Gasteiger partial charge in [-0.25, -0.2) is 0 Å². The molecule has 1 N–H and O–H groups in total. The maximum Gasteiger partial charge on any atom is 0.156 e. The van der Waals surface area contributed by atoms with Gasteiger partial charge in [0.2, 0.25) is 0 Å². The van der Waals surface area contributed by atoms with Crippen LogP contribution in [-0.2, 0) is 4.79 Å². The van der Waals surface area contributed by atoms with Crippen molar-refractivity contribution in [3.05, 3.63) is 11.6 Å². The van der Waals surface area contributed by atoms with E-state index in [0.717, 1.165) is 42.6 Å². The Hall–Kier alpha value is -0.630. The van der Waals surface area contributed by atoms with Gasteiger partial charge < -0.3 is 5.11 Å². The lowest BCUT2D eigenvalue weighted by Crippen LogP contribution is -2.53. The van der Waals surface area contributed by atoms with Crippen LogP contribution in [0.5, 0.6) is 0 Å². The Morgan fingerprint density at radius 1 is 1.13 bits per heavy atom. The van der Waals surface area contributed by atoms with Crippen molar-refractivity contribution >= 4 is 5.78 Å². The minimum Gasteiger partial charge on any atom is -0.393 e. The summed E-state index contributed by atoms with van der Waals surface area (Å²) >= 11 is 0. The third-order valence-electron chi connectivity index (χ3n) is 8.60. The molecule has 4 aliphatic carbocycles. The van der Waals surface area contributed by atoms with Crippen molar-refractivity contribution in [2.75, 3.05) is 0 Å². The minimum absolute atomic E-state index is 0.0593. The van der Waals surface area contributed by atoms with Crippen LogP contribution >= 0.6 is 0 Å². The standard InChI is InChI=1S/C21H32O2/c1-13(22)17-6-7-18-16-5-4-14-12-15(23)8-10-20(14,2)19(16)9-11-21(17,18)3/h6,14-16,18-19,23H,4-5,7-12H2,1-3H3/t14-,15+,16-,18?,19?,20-,21+/m0/s1. The Morgan fingerprint density at radius 3 is 2.65 bits per heavy atom. The van der Waals surface area contributed by atoms with Crippen LogP contribution in [0.4, 0.5) is 0 Å². The van der Waals surface area contributed by atoms with E-state index in [-0.39, 0.29) is 11.5 Å². The first-order valence-electron chi connectivity index (χ1n) is 9.76. The molecule has 0 aromatic heterocycles. The van der Waals surface area contributed by atoms with Crippen LogP contribution in [0.2, 0.25) is 0 Å². The molecule has 128 valence electrons. The smallest absolute Gasteiger partial charge is 0.156 e. The van der Waals surface area contributed by atoms with Gasteiger partial charge in [-0.2, -0.15) is 0 Å². The lowest BCUT2D eigenvalue weighted by molar-refractivity contribution is -0.124. The molecule has 0 heterocycles. The molecule has 0 aliphatic heterocycles. The summed E-state index contributed by atoms with van der Waals surface area (Å²) in [5.74, 6) is 3.31. The van der Waals surface area contributed by atoms with Crippen molar-refractivity contribution in [2.45, 2.75) is 78.2 Å². The van der Waals surface area contributed by atoms with Gasteiger partial charge in [0, 0.05) is 0 Å². The number of carbonyl (C=O) groups is 1. The molecule has 3 fully saturated rings. The summed E-state index contributed by atoms with van der Waals surface area (Å²) in [6.07, 6.45) is 11.6. The highest BCUT2D eigenvalue weighted by Crippen LogP contribution is 2.66. The summed E-state index contributed by atoms with van der Waals surface area (Å²) in [4.78, 5) is 12.1. The molecule has 3 saturated carbocycles. The van der Waals surface area contributed by atoms with Crippen LogP contribution in [0, 0.1) is 34.5 Å². The largest absolute Gasteiger partial charge is 0.393 e. The first-order valence-corrected chi connectivity index (χ1v) is 9.76. The number of rotatable bonds is 1. The zero-order valence-electron chi connectivity index (χ0n) is 15.0. The lowest BCUT2D eigenvalue weighted by atomic mass is 9.44. The fourth-order valence-electron chi connectivity index (χ4n) is 7.35. The SMILES string of the molecule is CC(=O)C1=CCC2[C@@H]3CC[C@H]4C[C@H](O)CC[C@]4(C)C3CC[C@]12C. The predicted molar refractivity (Wildman–Crippen MR) is 91.9 cm³/mol. The van der Waals surface area contributed by atoms with E-state index < -0.39 is 0 Å². The number of aliphatic hydroxyl groups is 1. The number of hydrogen-bond acceptors (Lipinski definition) is 2. The molecule has 2 nitrogen and oxygen atoms in total. The first-order chi connectivity index (χ1) is 10.9. The number of fused-ring (bicyclic) bond motifs is 5. The fourth-order valence-corrected chi connectivity index (χ4v) is 7.35. The van der Waals surface area contributed by atoms with Gasteiger partial charge in [-0.1, -0.05) is 19.9 Å². The second-order valence-electron chi connectivity index (χ2n) is 9.45. The van der Waals surface area contributed by atoms with Gasteiger partial charge in [-0.05, 0) is 98.4 Å². The monoisotopic (exact) mass is 316 g/mol. The van der Waals surface area contributed by atoms with Crippen molar-refractivity contribution < 1.29 is 9.90 Å². The topological polar surface area (TPSA) is 37.3 Å². The van der Waals surface area contributed by atoms with Gasteiger partial charge in [-0.15, -0.1) is 0 Å². The van der Waals surface area contributed by atoms with Gasteiger partial charge in [0.1, 0.15) is 0 Å². The number of Topliss-reactive ketones (excluding diaryl/α,β-unsaturated/α-hetero) is 1. The number of hydrogen-bond donors (Lipinski definition) is 1. The summed E-state index contributed by atoms with van der Waals surface area (Å²) in [5.41, 5.74) is 1.71. The van der Waals surface area contributed by atoms with Gasteiger partial charge in [-0.3, -0.25) is 4.79 Å². The van der Waals surface area contributed by atoms with E-state index in [4.69, 9.17) is 0 Å².